The van der Waals surface area contributed by atoms with Gasteiger partial charge in [-0.2, -0.15) is 0 Å². The smallest absolute Gasteiger partial charge is 0.187 e. The Labute approximate surface area is 163 Å². The van der Waals surface area contributed by atoms with E-state index in [0.29, 0.717) is 18.2 Å². The first kappa shape index (κ1) is 20.4. The van der Waals surface area contributed by atoms with E-state index in [1.54, 1.807) is 6.20 Å². The Kier molecular flexibility index (Phi) is 7.01. The largest absolute Gasteiger partial charge is 0.378 e. The molecule has 27 heavy (non-hydrogen) atoms. The molecule has 0 unspecified atom stereocenters. The normalized spacial score (nSPS) is 27.8. The van der Waals surface area contributed by atoms with Crippen molar-refractivity contribution in [2.45, 2.75) is 58.7 Å². The maximum absolute atomic E-state index is 13.5. The quantitative estimate of drug-likeness (QED) is 0.683. The molecule has 5 nitrogen and oxygen atoms in total. The van der Waals surface area contributed by atoms with Crippen molar-refractivity contribution in [2.75, 3.05) is 32.8 Å². The Balaban J connectivity index is 1.69. The van der Waals surface area contributed by atoms with Crippen molar-refractivity contribution in [1.82, 2.24) is 9.88 Å². The zero-order chi connectivity index (χ0) is 19.3. The Morgan fingerprint density at radius 1 is 1.37 bits per heavy atom. The lowest BCUT2D eigenvalue weighted by Crippen LogP contribution is -2.50. The number of Topliss-reactive ketones (excluding diaryl/α,β-unsaturated/α-hetero) is 1. The van der Waals surface area contributed by atoms with Crippen molar-refractivity contribution < 1.29 is 14.3 Å². The van der Waals surface area contributed by atoms with Crippen LogP contribution in [0.5, 0.6) is 0 Å². The van der Waals surface area contributed by atoms with Crippen LogP contribution in [-0.4, -0.2) is 60.7 Å². The van der Waals surface area contributed by atoms with Gasteiger partial charge >= 0.3 is 0 Å². The second kappa shape index (κ2) is 9.26. The lowest BCUT2D eigenvalue weighted by molar-refractivity contribution is -0.0603. The minimum atomic E-state index is -0.327. The van der Waals surface area contributed by atoms with Crippen LogP contribution in [0.3, 0.4) is 0 Å². The highest BCUT2D eigenvalue weighted by molar-refractivity contribution is 5.99. The molecule has 1 aromatic heterocycles. The number of hydrogen-bond donors (Lipinski definition) is 0. The van der Waals surface area contributed by atoms with Gasteiger partial charge < -0.3 is 14.4 Å². The number of ether oxygens (including phenoxy) is 2. The summed E-state index contributed by atoms with van der Waals surface area (Å²) in [4.78, 5) is 20.4. The van der Waals surface area contributed by atoms with Gasteiger partial charge in [0.05, 0.1) is 18.8 Å². The molecule has 0 N–H and O–H groups in total. The maximum Gasteiger partial charge on any atom is 0.187 e. The molecule has 0 aromatic carbocycles. The molecule has 0 spiro atoms. The standard InChI is InChI=1S/C22H34N2O3/c1-17(2)26-15-13-24-11-7-19(8-12-24)22(9-14-27-18(3)16-22)21(25)20-6-4-5-10-23-20/h4-6,10,17-19H,7-9,11-16H2,1-3H3/t18-,22+/m0/s1. The minimum absolute atomic E-state index is 0.129. The summed E-state index contributed by atoms with van der Waals surface area (Å²) in [5.74, 6) is 0.625. The van der Waals surface area contributed by atoms with Crippen LogP contribution in [0.1, 0.15) is 56.9 Å². The van der Waals surface area contributed by atoms with Gasteiger partial charge in [-0.15, -0.1) is 0 Å². The number of carbonyl (C=O) groups is 1. The predicted molar refractivity (Wildman–Crippen MR) is 106 cm³/mol. The van der Waals surface area contributed by atoms with Gasteiger partial charge in [-0.3, -0.25) is 9.78 Å². The summed E-state index contributed by atoms with van der Waals surface area (Å²) in [6.07, 6.45) is 5.88. The van der Waals surface area contributed by atoms with Crippen molar-refractivity contribution in [3.8, 4) is 0 Å². The number of aromatic nitrogens is 1. The van der Waals surface area contributed by atoms with Crippen LogP contribution in [0.25, 0.3) is 0 Å². The van der Waals surface area contributed by atoms with E-state index in [1.807, 2.05) is 18.2 Å². The van der Waals surface area contributed by atoms with Crippen LogP contribution in [0.15, 0.2) is 24.4 Å². The van der Waals surface area contributed by atoms with E-state index < -0.39 is 0 Å². The monoisotopic (exact) mass is 374 g/mol. The van der Waals surface area contributed by atoms with Gasteiger partial charge in [0.2, 0.25) is 0 Å². The van der Waals surface area contributed by atoms with Crippen LogP contribution in [0.4, 0.5) is 0 Å². The van der Waals surface area contributed by atoms with E-state index in [-0.39, 0.29) is 23.4 Å². The Bertz CT molecular complexity index is 599. The average Bonchev–Trinajstić information content (AvgIpc) is 2.68. The van der Waals surface area contributed by atoms with E-state index in [2.05, 4.69) is 30.7 Å². The van der Waals surface area contributed by atoms with Gasteiger partial charge in [0.25, 0.3) is 0 Å². The van der Waals surface area contributed by atoms with Gasteiger partial charge in [0.1, 0.15) is 5.69 Å². The Morgan fingerprint density at radius 2 is 2.15 bits per heavy atom. The fraction of sp³-hybridized carbons (Fsp3) is 0.727. The van der Waals surface area contributed by atoms with E-state index in [9.17, 15) is 4.79 Å². The van der Waals surface area contributed by atoms with Crippen molar-refractivity contribution >= 4 is 5.78 Å². The molecule has 0 aliphatic carbocycles. The van der Waals surface area contributed by atoms with E-state index >= 15 is 0 Å². The predicted octanol–water partition coefficient (Wildman–Crippen LogP) is 3.59. The molecule has 2 aliphatic rings. The van der Waals surface area contributed by atoms with Crippen molar-refractivity contribution in [1.29, 1.82) is 0 Å². The van der Waals surface area contributed by atoms with Crippen LogP contribution in [-0.2, 0) is 9.47 Å². The van der Waals surface area contributed by atoms with Crippen LogP contribution < -0.4 is 0 Å². The third-order valence-electron chi connectivity index (χ3n) is 6.18. The molecular weight excluding hydrogens is 340 g/mol. The van der Waals surface area contributed by atoms with Gasteiger partial charge in [-0.25, -0.2) is 0 Å². The van der Waals surface area contributed by atoms with E-state index in [4.69, 9.17) is 9.47 Å². The number of rotatable bonds is 7. The first-order valence-corrected chi connectivity index (χ1v) is 10.4. The molecule has 2 atom stereocenters. The second-order valence-corrected chi connectivity index (χ2v) is 8.37. The fourth-order valence-corrected chi connectivity index (χ4v) is 4.76. The van der Waals surface area contributed by atoms with Crippen molar-refractivity contribution in [2.24, 2.45) is 11.3 Å². The Morgan fingerprint density at radius 3 is 2.78 bits per heavy atom. The van der Waals surface area contributed by atoms with Gasteiger partial charge in [-0.05, 0) is 77.6 Å². The lowest BCUT2D eigenvalue weighted by atomic mass is 9.62. The van der Waals surface area contributed by atoms with Gasteiger partial charge in [0, 0.05) is 24.8 Å². The number of likely N-dealkylation sites (tertiary alicyclic amines) is 1. The number of carbonyl (C=O) groups excluding carboxylic acids is 1. The number of hydrogen-bond acceptors (Lipinski definition) is 5. The summed E-state index contributed by atoms with van der Waals surface area (Å²) in [7, 11) is 0. The summed E-state index contributed by atoms with van der Waals surface area (Å²) in [5.41, 5.74) is 0.284. The van der Waals surface area contributed by atoms with Crippen LogP contribution in [0, 0.1) is 11.3 Å². The van der Waals surface area contributed by atoms with E-state index in [1.165, 1.54) is 0 Å². The first-order valence-electron chi connectivity index (χ1n) is 10.4. The number of nitrogens with zero attached hydrogens (tertiary/aromatic N) is 2. The highest BCUT2D eigenvalue weighted by Gasteiger charge is 2.49. The molecule has 2 aliphatic heterocycles. The minimum Gasteiger partial charge on any atom is -0.378 e. The molecular formula is C22H34N2O3. The molecule has 0 radical (unpaired) electrons. The van der Waals surface area contributed by atoms with Gasteiger partial charge in [-0.1, -0.05) is 6.07 Å². The zero-order valence-electron chi connectivity index (χ0n) is 17.0. The summed E-state index contributed by atoms with van der Waals surface area (Å²) in [6, 6.07) is 5.64. The Hall–Kier alpha value is -1.30. The van der Waals surface area contributed by atoms with Crippen LogP contribution >= 0.6 is 0 Å². The molecule has 3 rings (SSSR count). The van der Waals surface area contributed by atoms with Crippen molar-refractivity contribution in [3.63, 3.8) is 0 Å². The summed E-state index contributed by atoms with van der Waals surface area (Å²) >= 11 is 0. The summed E-state index contributed by atoms with van der Waals surface area (Å²) in [6.45, 7) is 10.8. The third-order valence-corrected chi connectivity index (χ3v) is 6.18. The number of pyridine rings is 1. The molecule has 0 bridgehead atoms. The topological polar surface area (TPSA) is 51.7 Å². The summed E-state index contributed by atoms with van der Waals surface area (Å²) in [5, 5.41) is 0. The van der Waals surface area contributed by atoms with E-state index in [0.717, 1.165) is 51.9 Å². The van der Waals surface area contributed by atoms with Gasteiger partial charge in [0.15, 0.2) is 5.78 Å². The molecule has 2 fully saturated rings. The molecule has 0 saturated carbocycles. The molecule has 2 saturated heterocycles. The maximum atomic E-state index is 13.5. The molecule has 0 amide bonds. The highest BCUT2D eigenvalue weighted by Crippen LogP contribution is 2.47. The third kappa shape index (κ3) is 4.95. The molecule has 1 aromatic rings. The molecule has 5 heteroatoms. The fourth-order valence-electron chi connectivity index (χ4n) is 4.76. The zero-order valence-corrected chi connectivity index (χ0v) is 17.0. The molecule has 150 valence electrons. The second-order valence-electron chi connectivity index (χ2n) is 8.37. The SMILES string of the molecule is CC(C)OCCN1CCC([C@@]2(C(=O)c3ccccn3)CCO[C@@H](C)C2)CC1. The number of piperidine rings is 1. The average molecular weight is 375 g/mol. The highest BCUT2D eigenvalue weighted by atomic mass is 16.5. The number of ketones is 1. The molecule has 3 heterocycles. The summed E-state index contributed by atoms with van der Waals surface area (Å²) < 4.78 is 11.5. The first-order chi connectivity index (χ1) is 13.0. The van der Waals surface area contributed by atoms with Crippen LogP contribution in [0.2, 0.25) is 0 Å². The van der Waals surface area contributed by atoms with Crippen molar-refractivity contribution in [3.05, 3.63) is 30.1 Å². The lowest BCUT2D eigenvalue weighted by Gasteiger charge is -2.47.